The Kier molecular flexibility index (Phi) is 5.40. The van der Waals surface area contributed by atoms with E-state index in [1.807, 2.05) is 25.1 Å². The molecular weight excluding hydrogens is 346 g/mol. The molecule has 0 saturated heterocycles. The first-order valence-electron chi connectivity index (χ1n) is 8.50. The fraction of sp³-hybridized carbons (Fsp3) is 0.250. The Bertz CT molecular complexity index is 988. The Morgan fingerprint density at radius 2 is 1.89 bits per heavy atom. The Balaban J connectivity index is 2.13. The zero-order valence-electron chi connectivity index (χ0n) is 15.7. The highest BCUT2D eigenvalue weighted by atomic mass is 16.5. The average molecular weight is 367 g/mol. The number of ether oxygens (including phenoxy) is 3. The second kappa shape index (κ2) is 7.90. The number of carbonyl (C=O) groups is 1. The number of pyridine rings is 2. The van der Waals surface area contributed by atoms with Crippen molar-refractivity contribution in [3.8, 4) is 11.5 Å². The monoisotopic (exact) mass is 367 g/mol. The number of fused-ring (bicyclic) bond motifs is 1. The lowest BCUT2D eigenvalue weighted by Gasteiger charge is -2.15. The molecule has 0 radical (unpaired) electrons. The van der Waals surface area contributed by atoms with E-state index in [1.165, 1.54) is 6.20 Å². The third-order valence-electron chi connectivity index (χ3n) is 4.02. The SMILES string of the molecule is CCOC(=O)c1cnc2nc(C)ccc2c1Nc1ccc(OC)c(OC)c1. The number of anilines is 2. The molecule has 0 atom stereocenters. The minimum atomic E-state index is -0.449. The molecule has 0 spiro atoms. The van der Waals surface area contributed by atoms with Crippen LogP contribution in [0.5, 0.6) is 11.5 Å². The standard InChI is InChI=1S/C20H21N3O4/c1-5-27-20(24)15-11-21-19-14(8-6-12(2)22-19)18(15)23-13-7-9-16(25-3)17(10-13)26-4/h6-11H,5H2,1-4H3,(H,21,22,23). The van der Waals surface area contributed by atoms with Crippen molar-refractivity contribution in [2.45, 2.75) is 13.8 Å². The molecule has 3 rings (SSSR count). The number of rotatable bonds is 6. The molecule has 0 aliphatic rings. The molecule has 27 heavy (non-hydrogen) atoms. The van der Waals surface area contributed by atoms with Crippen molar-refractivity contribution in [2.75, 3.05) is 26.1 Å². The zero-order chi connectivity index (χ0) is 19.4. The number of hydrogen-bond donors (Lipinski definition) is 1. The van der Waals surface area contributed by atoms with Gasteiger partial charge in [-0.05, 0) is 38.1 Å². The van der Waals surface area contributed by atoms with E-state index in [0.717, 1.165) is 16.8 Å². The second-order valence-electron chi connectivity index (χ2n) is 5.79. The van der Waals surface area contributed by atoms with Gasteiger partial charge in [0.15, 0.2) is 17.1 Å². The molecular formula is C20H21N3O4. The van der Waals surface area contributed by atoms with Gasteiger partial charge in [0, 0.05) is 29.0 Å². The van der Waals surface area contributed by atoms with Crippen molar-refractivity contribution in [2.24, 2.45) is 0 Å². The number of benzene rings is 1. The van der Waals surface area contributed by atoms with E-state index < -0.39 is 5.97 Å². The van der Waals surface area contributed by atoms with Crippen molar-refractivity contribution in [3.05, 3.63) is 47.8 Å². The minimum absolute atomic E-state index is 0.277. The van der Waals surface area contributed by atoms with Crippen LogP contribution < -0.4 is 14.8 Å². The second-order valence-corrected chi connectivity index (χ2v) is 5.79. The van der Waals surface area contributed by atoms with Gasteiger partial charge in [0.05, 0.1) is 26.5 Å². The molecule has 0 fully saturated rings. The van der Waals surface area contributed by atoms with Gasteiger partial charge in [-0.15, -0.1) is 0 Å². The van der Waals surface area contributed by atoms with E-state index >= 15 is 0 Å². The summed E-state index contributed by atoms with van der Waals surface area (Å²) in [4.78, 5) is 21.2. The molecule has 2 aromatic heterocycles. The van der Waals surface area contributed by atoms with Crippen LogP contribution in [0.25, 0.3) is 11.0 Å². The van der Waals surface area contributed by atoms with Gasteiger partial charge in [-0.2, -0.15) is 0 Å². The quantitative estimate of drug-likeness (QED) is 0.662. The van der Waals surface area contributed by atoms with Crippen LogP contribution in [0.4, 0.5) is 11.4 Å². The highest BCUT2D eigenvalue weighted by Crippen LogP contribution is 2.34. The van der Waals surface area contributed by atoms with E-state index in [9.17, 15) is 4.79 Å². The molecule has 3 aromatic rings. The third kappa shape index (κ3) is 3.76. The van der Waals surface area contributed by atoms with E-state index in [0.29, 0.717) is 28.4 Å². The van der Waals surface area contributed by atoms with Crippen LogP contribution >= 0.6 is 0 Å². The average Bonchev–Trinajstić information content (AvgIpc) is 2.67. The van der Waals surface area contributed by atoms with E-state index in [-0.39, 0.29) is 6.61 Å². The number of nitrogens with one attached hydrogen (secondary N) is 1. The van der Waals surface area contributed by atoms with Crippen LogP contribution in [0.3, 0.4) is 0 Å². The molecule has 7 nitrogen and oxygen atoms in total. The molecule has 1 N–H and O–H groups in total. The first kappa shape index (κ1) is 18.4. The maximum atomic E-state index is 12.4. The Morgan fingerprint density at radius 1 is 1.11 bits per heavy atom. The molecule has 7 heteroatoms. The summed E-state index contributed by atoms with van der Waals surface area (Å²) in [5.41, 5.74) is 3.04. The van der Waals surface area contributed by atoms with Gasteiger partial charge in [0.1, 0.15) is 5.56 Å². The van der Waals surface area contributed by atoms with Crippen molar-refractivity contribution < 1.29 is 19.0 Å². The van der Waals surface area contributed by atoms with Gasteiger partial charge in [0.2, 0.25) is 0 Å². The van der Waals surface area contributed by atoms with Crippen LogP contribution in [-0.4, -0.2) is 36.8 Å². The first-order chi connectivity index (χ1) is 13.1. The number of aromatic nitrogens is 2. The zero-order valence-corrected chi connectivity index (χ0v) is 15.7. The lowest BCUT2D eigenvalue weighted by molar-refractivity contribution is 0.0527. The third-order valence-corrected chi connectivity index (χ3v) is 4.02. The summed E-state index contributed by atoms with van der Waals surface area (Å²) in [5, 5.41) is 4.01. The Hall–Kier alpha value is -3.35. The highest BCUT2D eigenvalue weighted by Gasteiger charge is 2.18. The number of esters is 1. The van der Waals surface area contributed by atoms with Crippen molar-refractivity contribution in [3.63, 3.8) is 0 Å². The summed E-state index contributed by atoms with van der Waals surface area (Å²) >= 11 is 0. The van der Waals surface area contributed by atoms with Crippen molar-refractivity contribution in [1.29, 1.82) is 0 Å². The van der Waals surface area contributed by atoms with E-state index in [2.05, 4.69) is 15.3 Å². The molecule has 0 aliphatic carbocycles. The van der Waals surface area contributed by atoms with Gasteiger partial charge in [-0.1, -0.05) is 0 Å². The van der Waals surface area contributed by atoms with E-state index in [1.54, 1.807) is 33.3 Å². The lowest BCUT2D eigenvalue weighted by Crippen LogP contribution is -2.09. The predicted molar refractivity (Wildman–Crippen MR) is 103 cm³/mol. The molecule has 140 valence electrons. The first-order valence-corrected chi connectivity index (χ1v) is 8.50. The summed E-state index contributed by atoms with van der Waals surface area (Å²) in [6.07, 6.45) is 1.48. The summed E-state index contributed by atoms with van der Waals surface area (Å²) < 4.78 is 15.8. The van der Waals surface area contributed by atoms with E-state index in [4.69, 9.17) is 14.2 Å². The molecule has 0 amide bonds. The predicted octanol–water partition coefficient (Wildman–Crippen LogP) is 3.88. The Morgan fingerprint density at radius 3 is 2.59 bits per heavy atom. The highest BCUT2D eigenvalue weighted by molar-refractivity contribution is 6.05. The largest absolute Gasteiger partial charge is 0.493 e. The van der Waals surface area contributed by atoms with Crippen molar-refractivity contribution in [1.82, 2.24) is 9.97 Å². The normalized spacial score (nSPS) is 10.5. The number of aryl methyl sites for hydroxylation is 1. The topological polar surface area (TPSA) is 82.6 Å². The number of nitrogens with zero attached hydrogens (tertiary/aromatic N) is 2. The summed E-state index contributed by atoms with van der Waals surface area (Å²) in [5.74, 6) is 0.744. The minimum Gasteiger partial charge on any atom is -0.493 e. The van der Waals surface area contributed by atoms with Gasteiger partial charge >= 0.3 is 5.97 Å². The molecule has 2 heterocycles. The maximum Gasteiger partial charge on any atom is 0.341 e. The molecule has 0 unspecified atom stereocenters. The summed E-state index contributed by atoms with van der Waals surface area (Å²) in [6.45, 7) is 3.93. The Labute approximate surface area is 157 Å². The van der Waals surface area contributed by atoms with Crippen LogP contribution in [0.2, 0.25) is 0 Å². The molecule has 0 aliphatic heterocycles. The van der Waals surface area contributed by atoms with Crippen LogP contribution in [0, 0.1) is 6.92 Å². The molecule has 0 saturated carbocycles. The smallest absolute Gasteiger partial charge is 0.341 e. The summed E-state index contributed by atoms with van der Waals surface area (Å²) in [7, 11) is 3.15. The van der Waals surface area contributed by atoms with Crippen LogP contribution in [0.1, 0.15) is 23.0 Å². The lowest BCUT2D eigenvalue weighted by atomic mass is 10.1. The molecule has 1 aromatic carbocycles. The van der Waals surface area contributed by atoms with Gasteiger partial charge in [-0.25, -0.2) is 14.8 Å². The molecule has 0 bridgehead atoms. The van der Waals surface area contributed by atoms with Crippen molar-refractivity contribution >= 4 is 28.4 Å². The van der Waals surface area contributed by atoms with Gasteiger partial charge < -0.3 is 19.5 Å². The summed E-state index contributed by atoms with van der Waals surface area (Å²) in [6, 6.07) is 9.18. The van der Waals surface area contributed by atoms with Gasteiger partial charge in [0.25, 0.3) is 0 Å². The van der Waals surface area contributed by atoms with Gasteiger partial charge in [-0.3, -0.25) is 0 Å². The maximum absolute atomic E-state index is 12.4. The number of hydrogen-bond acceptors (Lipinski definition) is 7. The van der Waals surface area contributed by atoms with Crippen LogP contribution in [0.15, 0.2) is 36.5 Å². The fourth-order valence-electron chi connectivity index (χ4n) is 2.73. The number of carbonyl (C=O) groups excluding carboxylic acids is 1. The fourth-order valence-corrected chi connectivity index (χ4v) is 2.73. The number of methoxy groups -OCH3 is 2. The van der Waals surface area contributed by atoms with Crippen LogP contribution in [-0.2, 0) is 4.74 Å².